The molecular formula is C16H23NO4S. The summed E-state index contributed by atoms with van der Waals surface area (Å²) in [5.41, 5.74) is 0. The second-order valence-corrected chi connectivity index (χ2v) is 6.01. The molecule has 0 fully saturated rings. The van der Waals surface area contributed by atoms with Gasteiger partial charge in [0.25, 0.3) is 0 Å². The molecule has 6 heteroatoms. The van der Waals surface area contributed by atoms with E-state index in [1.54, 1.807) is 0 Å². The van der Waals surface area contributed by atoms with Gasteiger partial charge < -0.3 is 15.2 Å². The molecule has 5 nitrogen and oxygen atoms in total. The molecule has 0 aromatic heterocycles. The minimum Gasteiger partial charge on any atom is -0.494 e. The van der Waals surface area contributed by atoms with Gasteiger partial charge in [-0.2, -0.15) is 0 Å². The number of nitrogens with one attached hydrogen (secondary N) is 1. The summed E-state index contributed by atoms with van der Waals surface area (Å²) < 4.78 is 5.40. The van der Waals surface area contributed by atoms with E-state index in [0.29, 0.717) is 13.0 Å². The van der Waals surface area contributed by atoms with Crippen LogP contribution < -0.4 is 10.1 Å². The smallest absolute Gasteiger partial charge is 0.326 e. The Morgan fingerprint density at radius 1 is 1.36 bits per heavy atom. The predicted molar refractivity (Wildman–Crippen MR) is 87.4 cm³/mol. The van der Waals surface area contributed by atoms with Gasteiger partial charge in [-0.3, -0.25) is 4.79 Å². The average Bonchev–Trinajstić information content (AvgIpc) is 2.50. The number of carboxylic acids is 1. The Morgan fingerprint density at radius 2 is 2.09 bits per heavy atom. The lowest BCUT2D eigenvalue weighted by Gasteiger charge is -2.20. The van der Waals surface area contributed by atoms with Crippen molar-refractivity contribution >= 4 is 23.6 Å². The molecule has 0 aliphatic rings. The van der Waals surface area contributed by atoms with E-state index in [1.165, 1.54) is 11.8 Å². The molecule has 0 spiro atoms. The van der Waals surface area contributed by atoms with Crippen LogP contribution in [0.15, 0.2) is 29.2 Å². The van der Waals surface area contributed by atoms with Crippen molar-refractivity contribution in [2.75, 3.05) is 12.4 Å². The summed E-state index contributed by atoms with van der Waals surface area (Å²) in [5.74, 6) is -0.440. The Labute approximate surface area is 135 Å². The van der Waals surface area contributed by atoms with Crippen molar-refractivity contribution in [1.29, 1.82) is 0 Å². The SMILES string of the molecule is CCOc1cccc(SCC(=O)NC(C(=O)O)C(C)CC)c1. The number of amides is 1. The molecule has 1 rings (SSSR count). The van der Waals surface area contributed by atoms with Crippen LogP contribution in [0.2, 0.25) is 0 Å². The lowest BCUT2D eigenvalue weighted by molar-refractivity contribution is -0.143. The number of aliphatic carboxylic acids is 1. The van der Waals surface area contributed by atoms with Gasteiger partial charge in [0.2, 0.25) is 5.91 Å². The first-order chi connectivity index (χ1) is 10.5. The van der Waals surface area contributed by atoms with Crippen LogP contribution in [0.5, 0.6) is 5.75 Å². The van der Waals surface area contributed by atoms with E-state index in [-0.39, 0.29) is 17.6 Å². The first-order valence-corrected chi connectivity index (χ1v) is 8.34. The number of thioether (sulfide) groups is 1. The summed E-state index contributed by atoms with van der Waals surface area (Å²) in [5, 5.41) is 11.8. The molecule has 0 bridgehead atoms. The highest BCUT2D eigenvalue weighted by atomic mass is 32.2. The molecule has 2 N–H and O–H groups in total. The Morgan fingerprint density at radius 3 is 2.68 bits per heavy atom. The first-order valence-electron chi connectivity index (χ1n) is 7.35. The van der Waals surface area contributed by atoms with Crippen LogP contribution in [0.25, 0.3) is 0 Å². The Kier molecular flexibility index (Phi) is 7.80. The van der Waals surface area contributed by atoms with Gasteiger partial charge in [0.15, 0.2) is 0 Å². The second-order valence-electron chi connectivity index (χ2n) is 4.97. The van der Waals surface area contributed by atoms with Crippen molar-refractivity contribution in [1.82, 2.24) is 5.32 Å². The van der Waals surface area contributed by atoms with Crippen molar-refractivity contribution in [2.45, 2.75) is 38.1 Å². The monoisotopic (exact) mass is 325 g/mol. The number of ether oxygens (including phenoxy) is 1. The van der Waals surface area contributed by atoms with Gasteiger partial charge in [0.05, 0.1) is 12.4 Å². The third-order valence-corrected chi connectivity index (χ3v) is 4.28. The molecule has 0 heterocycles. The maximum absolute atomic E-state index is 11.9. The third-order valence-electron chi connectivity index (χ3n) is 3.28. The van der Waals surface area contributed by atoms with Crippen LogP contribution in [-0.4, -0.2) is 35.4 Å². The van der Waals surface area contributed by atoms with E-state index in [9.17, 15) is 9.59 Å². The van der Waals surface area contributed by atoms with Gasteiger partial charge in [0.1, 0.15) is 11.8 Å². The Balaban J connectivity index is 2.54. The van der Waals surface area contributed by atoms with Gasteiger partial charge in [-0.05, 0) is 31.0 Å². The lowest BCUT2D eigenvalue weighted by atomic mass is 9.99. The summed E-state index contributed by atoms with van der Waals surface area (Å²) in [7, 11) is 0. The molecule has 2 unspecified atom stereocenters. The fraction of sp³-hybridized carbons (Fsp3) is 0.500. The van der Waals surface area contributed by atoms with Crippen LogP contribution in [0, 0.1) is 5.92 Å². The highest BCUT2D eigenvalue weighted by Gasteiger charge is 2.25. The largest absolute Gasteiger partial charge is 0.494 e. The molecule has 0 aliphatic carbocycles. The van der Waals surface area contributed by atoms with Crippen molar-refractivity contribution in [2.24, 2.45) is 5.92 Å². The summed E-state index contributed by atoms with van der Waals surface area (Å²) in [6.45, 7) is 6.22. The van der Waals surface area contributed by atoms with Crippen LogP contribution in [-0.2, 0) is 9.59 Å². The number of benzene rings is 1. The minimum atomic E-state index is -0.994. The molecule has 0 saturated carbocycles. The average molecular weight is 325 g/mol. The number of hydrogen-bond donors (Lipinski definition) is 2. The van der Waals surface area contributed by atoms with Gasteiger partial charge in [-0.15, -0.1) is 11.8 Å². The summed E-state index contributed by atoms with van der Waals surface area (Å²) in [6, 6.07) is 6.64. The van der Waals surface area contributed by atoms with Crippen LogP contribution in [0.4, 0.5) is 0 Å². The maximum Gasteiger partial charge on any atom is 0.326 e. The molecule has 0 radical (unpaired) electrons. The number of rotatable bonds is 9. The highest BCUT2D eigenvalue weighted by Crippen LogP contribution is 2.23. The Hall–Kier alpha value is -1.69. The fourth-order valence-electron chi connectivity index (χ4n) is 1.87. The highest BCUT2D eigenvalue weighted by molar-refractivity contribution is 8.00. The summed E-state index contributed by atoms with van der Waals surface area (Å²) in [4.78, 5) is 24.0. The van der Waals surface area contributed by atoms with Crippen LogP contribution >= 0.6 is 11.8 Å². The number of carbonyl (C=O) groups excluding carboxylic acids is 1. The number of carboxylic acid groups (broad SMARTS) is 1. The second kappa shape index (κ2) is 9.35. The first kappa shape index (κ1) is 18.4. The molecule has 1 aromatic rings. The molecule has 0 aliphatic heterocycles. The topological polar surface area (TPSA) is 75.6 Å². The number of hydrogen-bond acceptors (Lipinski definition) is 4. The van der Waals surface area contributed by atoms with Crippen molar-refractivity contribution in [3.05, 3.63) is 24.3 Å². The molecule has 22 heavy (non-hydrogen) atoms. The van der Waals surface area contributed by atoms with Gasteiger partial charge in [0, 0.05) is 4.90 Å². The predicted octanol–water partition coefficient (Wildman–Crippen LogP) is 2.79. The van der Waals surface area contributed by atoms with E-state index >= 15 is 0 Å². The van der Waals surface area contributed by atoms with E-state index in [1.807, 2.05) is 45.0 Å². The lowest BCUT2D eigenvalue weighted by Crippen LogP contribution is -2.45. The van der Waals surface area contributed by atoms with Crippen molar-refractivity contribution < 1.29 is 19.4 Å². The zero-order valence-electron chi connectivity index (χ0n) is 13.2. The van der Waals surface area contributed by atoms with E-state index in [0.717, 1.165) is 10.6 Å². The number of carbonyl (C=O) groups is 2. The fourth-order valence-corrected chi connectivity index (χ4v) is 2.62. The molecule has 122 valence electrons. The quantitative estimate of drug-likeness (QED) is 0.683. The molecule has 1 aromatic carbocycles. The van der Waals surface area contributed by atoms with E-state index in [2.05, 4.69) is 5.32 Å². The Bertz CT molecular complexity index is 507. The third kappa shape index (κ3) is 5.97. The normalized spacial score (nSPS) is 13.2. The standard InChI is InChI=1S/C16H23NO4S/c1-4-11(3)15(16(19)20)17-14(18)10-22-13-8-6-7-12(9-13)21-5-2/h6-9,11,15H,4-5,10H2,1-3H3,(H,17,18)(H,19,20). The molecular weight excluding hydrogens is 302 g/mol. The molecule has 0 saturated heterocycles. The summed E-state index contributed by atoms with van der Waals surface area (Å²) >= 11 is 1.36. The maximum atomic E-state index is 11.9. The summed E-state index contributed by atoms with van der Waals surface area (Å²) in [6.07, 6.45) is 0.695. The van der Waals surface area contributed by atoms with Crippen LogP contribution in [0.1, 0.15) is 27.2 Å². The van der Waals surface area contributed by atoms with E-state index in [4.69, 9.17) is 9.84 Å². The molecule has 2 atom stereocenters. The molecule has 1 amide bonds. The van der Waals surface area contributed by atoms with Gasteiger partial charge in [-0.25, -0.2) is 4.79 Å². The van der Waals surface area contributed by atoms with Gasteiger partial charge in [-0.1, -0.05) is 26.3 Å². The van der Waals surface area contributed by atoms with E-state index < -0.39 is 12.0 Å². The zero-order valence-corrected chi connectivity index (χ0v) is 14.0. The van der Waals surface area contributed by atoms with Crippen molar-refractivity contribution in [3.63, 3.8) is 0 Å². The zero-order chi connectivity index (χ0) is 16.5. The van der Waals surface area contributed by atoms with Crippen LogP contribution in [0.3, 0.4) is 0 Å². The minimum absolute atomic E-state index is 0.104. The van der Waals surface area contributed by atoms with Gasteiger partial charge >= 0.3 is 5.97 Å². The van der Waals surface area contributed by atoms with Crippen molar-refractivity contribution in [3.8, 4) is 5.75 Å².